The first-order valence-corrected chi connectivity index (χ1v) is 9.84. The predicted molar refractivity (Wildman–Crippen MR) is 100 cm³/mol. The Morgan fingerprint density at radius 2 is 2.00 bits per heavy atom. The highest BCUT2D eigenvalue weighted by Gasteiger charge is 2.34. The molecule has 1 aliphatic heterocycles. The molecule has 0 saturated heterocycles. The summed E-state index contributed by atoms with van der Waals surface area (Å²) in [7, 11) is 0. The number of carbonyl (C=O) groups is 1. The van der Waals surface area contributed by atoms with Gasteiger partial charge >= 0.3 is 0 Å². The van der Waals surface area contributed by atoms with Crippen LogP contribution >= 0.6 is 0 Å². The predicted octanol–water partition coefficient (Wildman–Crippen LogP) is 3.82. The lowest BCUT2D eigenvalue weighted by Gasteiger charge is -2.44. The highest BCUT2D eigenvalue weighted by Crippen LogP contribution is 2.34. The molecule has 1 aromatic rings. The van der Waals surface area contributed by atoms with Crippen molar-refractivity contribution in [3.05, 3.63) is 29.3 Å². The van der Waals surface area contributed by atoms with Gasteiger partial charge in [0.05, 0.1) is 6.17 Å². The van der Waals surface area contributed by atoms with E-state index < -0.39 is 0 Å². The van der Waals surface area contributed by atoms with Crippen LogP contribution in [0.2, 0.25) is 0 Å². The molecule has 1 fully saturated rings. The van der Waals surface area contributed by atoms with Crippen LogP contribution in [0.5, 0.6) is 5.75 Å². The highest BCUT2D eigenvalue weighted by atomic mass is 16.3. The van der Waals surface area contributed by atoms with E-state index in [1.165, 1.54) is 49.7 Å². The van der Waals surface area contributed by atoms with Gasteiger partial charge in [-0.3, -0.25) is 9.69 Å². The van der Waals surface area contributed by atoms with Crippen LogP contribution in [0, 0.1) is 11.8 Å². The maximum atomic E-state index is 11.2. The van der Waals surface area contributed by atoms with Crippen LogP contribution in [0.1, 0.15) is 63.5 Å². The summed E-state index contributed by atoms with van der Waals surface area (Å²) in [5.74, 6) is 1.68. The van der Waals surface area contributed by atoms with E-state index in [4.69, 9.17) is 0 Å². The molecule has 0 bridgehead atoms. The van der Waals surface area contributed by atoms with E-state index in [9.17, 15) is 9.90 Å². The first-order valence-electron chi connectivity index (χ1n) is 9.84. The fraction of sp³-hybridized carbons (Fsp3) is 0.667. The molecule has 0 aromatic heterocycles. The Bertz CT molecular complexity index is 581. The standard InChI is InChI=1S/C21H32N2O2/c1-15(2)20(10-16-6-4-3-5-7-16)23-13-18-11-19(25)9-8-17(18)12-21(23)22-14-24/h8-9,11,14-16,20-21,25H,3-7,10,12-13H2,1-2H3,(H,22,24)/t20-,21+/m0/s1. The van der Waals surface area contributed by atoms with Gasteiger partial charge in [0, 0.05) is 19.0 Å². The van der Waals surface area contributed by atoms with Crippen LogP contribution in [0.25, 0.3) is 0 Å². The summed E-state index contributed by atoms with van der Waals surface area (Å²) in [5.41, 5.74) is 2.42. The highest BCUT2D eigenvalue weighted by molar-refractivity contribution is 5.47. The number of amides is 1. The van der Waals surface area contributed by atoms with E-state index >= 15 is 0 Å². The summed E-state index contributed by atoms with van der Waals surface area (Å²) in [5, 5.41) is 12.9. The van der Waals surface area contributed by atoms with Gasteiger partial charge in [-0.05, 0) is 41.5 Å². The topological polar surface area (TPSA) is 52.6 Å². The molecule has 0 radical (unpaired) electrons. The zero-order chi connectivity index (χ0) is 17.8. The molecule has 4 nitrogen and oxygen atoms in total. The Kier molecular flexibility index (Phi) is 6.00. The average molecular weight is 344 g/mol. The number of nitrogens with one attached hydrogen (secondary N) is 1. The molecule has 1 aromatic carbocycles. The average Bonchev–Trinajstić information content (AvgIpc) is 2.60. The number of nitrogens with zero attached hydrogens (tertiary/aromatic N) is 1. The Labute approximate surface area is 151 Å². The van der Waals surface area contributed by atoms with Crippen molar-refractivity contribution >= 4 is 6.41 Å². The number of rotatable bonds is 6. The Morgan fingerprint density at radius 1 is 1.24 bits per heavy atom. The van der Waals surface area contributed by atoms with Crippen LogP contribution in [0.4, 0.5) is 0 Å². The van der Waals surface area contributed by atoms with E-state index in [1.54, 1.807) is 6.07 Å². The van der Waals surface area contributed by atoms with Crippen molar-refractivity contribution in [1.29, 1.82) is 0 Å². The Morgan fingerprint density at radius 3 is 2.68 bits per heavy atom. The minimum Gasteiger partial charge on any atom is -0.508 e. The van der Waals surface area contributed by atoms with E-state index in [1.807, 2.05) is 12.1 Å². The lowest BCUT2D eigenvalue weighted by molar-refractivity contribution is -0.112. The van der Waals surface area contributed by atoms with Gasteiger partial charge in [0.25, 0.3) is 0 Å². The van der Waals surface area contributed by atoms with Crippen LogP contribution in [0.15, 0.2) is 18.2 Å². The van der Waals surface area contributed by atoms with Gasteiger partial charge in [0.15, 0.2) is 0 Å². The smallest absolute Gasteiger partial charge is 0.208 e. The molecule has 138 valence electrons. The van der Waals surface area contributed by atoms with Gasteiger partial charge in [0.2, 0.25) is 6.41 Å². The summed E-state index contributed by atoms with van der Waals surface area (Å²) in [6, 6.07) is 6.08. The van der Waals surface area contributed by atoms with Crippen LogP contribution in [-0.2, 0) is 17.8 Å². The molecule has 2 atom stereocenters. The molecule has 2 N–H and O–H groups in total. The van der Waals surface area contributed by atoms with Crippen molar-refractivity contribution < 1.29 is 9.90 Å². The third-order valence-corrected chi connectivity index (χ3v) is 6.11. The molecular weight excluding hydrogens is 312 g/mol. The second-order valence-corrected chi connectivity index (χ2v) is 8.18. The van der Waals surface area contributed by atoms with Crippen molar-refractivity contribution in [2.75, 3.05) is 0 Å². The van der Waals surface area contributed by atoms with E-state index in [0.717, 1.165) is 25.3 Å². The minimum absolute atomic E-state index is 0.0468. The summed E-state index contributed by atoms with van der Waals surface area (Å²) in [6.07, 6.45) is 9.71. The molecule has 25 heavy (non-hydrogen) atoms. The molecule has 1 aliphatic carbocycles. The molecular formula is C21H32N2O2. The fourth-order valence-corrected chi connectivity index (χ4v) is 4.73. The molecule has 0 unspecified atom stereocenters. The molecule has 0 spiro atoms. The zero-order valence-electron chi connectivity index (χ0n) is 15.6. The van der Waals surface area contributed by atoms with Gasteiger partial charge in [0.1, 0.15) is 5.75 Å². The Hall–Kier alpha value is -1.55. The summed E-state index contributed by atoms with van der Waals surface area (Å²) < 4.78 is 0. The lowest BCUT2D eigenvalue weighted by atomic mass is 9.81. The largest absolute Gasteiger partial charge is 0.508 e. The zero-order valence-corrected chi connectivity index (χ0v) is 15.6. The summed E-state index contributed by atoms with van der Waals surface area (Å²) in [4.78, 5) is 13.7. The van der Waals surface area contributed by atoms with Crippen molar-refractivity contribution in [3.8, 4) is 5.75 Å². The van der Waals surface area contributed by atoms with Gasteiger partial charge in [-0.15, -0.1) is 0 Å². The van der Waals surface area contributed by atoms with Crippen LogP contribution in [-0.4, -0.2) is 28.6 Å². The van der Waals surface area contributed by atoms with Crippen molar-refractivity contribution in [3.63, 3.8) is 0 Å². The summed E-state index contributed by atoms with van der Waals surface area (Å²) >= 11 is 0. The van der Waals surface area contributed by atoms with Gasteiger partial charge in [-0.25, -0.2) is 0 Å². The number of hydrogen-bond donors (Lipinski definition) is 2. The number of phenolic OH excluding ortho intramolecular Hbond substituents is 1. The van der Waals surface area contributed by atoms with E-state index in [-0.39, 0.29) is 6.17 Å². The molecule has 1 amide bonds. The molecule has 2 aliphatic rings. The molecule has 1 saturated carbocycles. The quantitative estimate of drug-likeness (QED) is 0.772. The number of aromatic hydroxyl groups is 1. The van der Waals surface area contributed by atoms with Gasteiger partial charge < -0.3 is 10.4 Å². The minimum atomic E-state index is 0.0468. The fourth-order valence-electron chi connectivity index (χ4n) is 4.73. The number of hydrogen-bond acceptors (Lipinski definition) is 3. The lowest BCUT2D eigenvalue weighted by Crippen LogP contribution is -2.55. The van der Waals surface area contributed by atoms with Gasteiger partial charge in [-0.2, -0.15) is 0 Å². The third-order valence-electron chi connectivity index (χ3n) is 6.11. The van der Waals surface area contributed by atoms with Crippen LogP contribution in [0.3, 0.4) is 0 Å². The molecule has 3 rings (SSSR count). The molecule has 4 heteroatoms. The van der Waals surface area contributed by atoms with Crippen LogP contribution < -0.4 is 5.32 Å². The summed E-state index contributed by atoms with van der Waals surface area (Å²) in [6.45, 7) is 5.39. The van der Waals surface area contributed by atoms with Gasteiger partial charge in [-0.1, -0.05) is 52.0 Å². The monoisotopic (exact) mass is 344 g/mol. The normalized spacial score (nSPS) is 23.2. The van der Waals surface area contributed by atoms with Crippen molar-refractivity contribution in [1.82, 2.24) is 10.2 Å². The first kappa shape index (κ1) is 18.2. The third kappa shape index (κ3) is 4.35. The maximum absolute atomic E-state index is 11.2. The number of fused-ring (bicyclic) bond motifs is 1. The van der Waals surface area contributed by atoms with Crippen molar-refractivity contribution in [2.45, 2.75) is 77.5 Å². The maximum Gasteiger partial charge on any atom is 0.208 e. The SMILES string of the molecule is CC(C)[C@H](CC1CCCCC1)N1Cc2cc(O)ccc2C[C@@H]1NC=O. The number of phenols is 1. The number of carbonyl (C=O) groups excluding carboxylic acids is 1. The van der Waals surface area contributed by atoms with Crippen molar-refractivity contribution in [2.24, 2.45) is 11.8 Å². The second kappa shape index (κ2) is 8.22. The van der Waals surface area contributed by atoms with E-state index in [2.05, 4.69) is 24.1 Å². The second-order valence-electron chi connectivity index (χ2n) is 8.18. The first-order chi connectivity index (χ1) is 12.1. The molecule has 1 heterocycles. The van der Waals surface area contributed by atoms with E-state index in [0.29, 0.717) is 17.7 Å². The Balaban J connectivity index is 1.82. The number of benzene rings is 1.